The molecule has 2 heterocycles. The lowest BCUT2D eigenvalue weighted by atomic mass is 10.0. The molecule has 7 heteroatoms. The van der Waals surface area contributed by atoms with Crippen LogP contribution in [-0.2, 0) is 17.8 Å². The Morgan fingerprint density at radius 2 is 1.79 bits per heavy atom. The van der Waals surface area contributed by atoms with Gasteiger partial charge in [0, 0.05) is 44.7 Å². The summed E-state index contributed by atoms with van der Waals surface area (Å²) >= 11 is 0. The van der Waals surface area contributed by atoms with E-state index in [0.717, 1.165) is 36.5 Å². The van der Waals surface area contributed by atoms with Gasteiger partial charge < -0.3 is 19.4 Å². The van der Waals surface area contributed by atoms with Crippen LogP contribution in [0.3, 0.4) is 0 Å². The van der Waals surface area contributed by atoms with Gasteiger partial charge >= 0.3 is 0 Å². The van der Waals surface area contributed by atoms with E-state index in [1.807, 2.05) is 47.4 Å². The summed E-state index contributed by atoms with van der Waals surface area (Å²) in [5.74, 6) is 0.622. The highest BCUT2D eigenvalue weighted by molar-refractivity contribution is 5.95. The molecule has 0 spiro atoms. The summed E-state index contributed by atoms with van der Waals surface area (Å²) in [7, 11) is 1.69. The summed E-state index contributed by atoms with van der Waals surface area (Å²) in [6, 6.07) is 18.5. The summed E-state index contributed by atoms with van der Waals surface area (Å²) < 4.78 is 10.7. The van der Waals surface area contributed by atoms with Crippen LogP contribution in [0.2, 0.25) is 0 Å². The third kappa shape index (κ3) is 5.85. The number of hydrogen-bond acceptors (Lipinski definition) is 5. The Labute approximate surface area is 200 Å². The van der Waals surface area contributed by atoms with Crippen LogP contribution in [-0.4, -0.2) is 60.9 Å². The molecule has 1 saturated heterocycles. The summed E-state index contributed by atoms with van der Waals surface area (Å²) in [6.07, 6.45) is 1.87. The first-order valence-corrected chi connectivity index (χ1v) is 11.6. The molecular formula is C27H31N3O4. The van der Waals surface area contributed by atoms with Crippen molar-refractivity contribution in [3.63, 3.8) is 0 Å². The minimum absolute atomic E-state index is 0.0726. The van der Waals surface area contributed by atoms with Crippen LogP contribution in [0, 0.1) is 6.92 Å². The molecule has 1 atom stereocenters. The monoisotopic (exact) mass is 461 g/mol. The van der Waals surface area contributed by atoms with Gasteiger partial charge in [-0.05, 0) is 30.7 Å². The molecule has 7 nitrogen and oxygen atoms in total. The average Bonchev–Trinajstić information content (AvgIpc) is 3.40. The number of furan rings is 1. The number of nitrogens with zero attached hydrogens (tertiary/aromatic N) is 2. The molecule has 34 heavy (non-hydrogen) atoms. The molecule has 1 aliphatic heterocycles. The quantitative estimate of drug-likeness (QED) is 0.557. The predicted octanol–water partition coefficient (Wildman–Crippen LogP) is 3.28. The first-order chi connectivity index (χ1) is 16.5. The van der Waals surface area contributed by atoms with Gasteiger partial charge in [-0.1, -0.05) is 48.0 Å². The molecule has 1 fully saturated rings. The number of nitrogens with one attached hydrogen (secondary N) is 1. The molecule has 1 aliphatic rings. The largest absolute Gasteiger partial charge is 0.496 e. The molecule has 2 aromatic carbocycles. The Bertz CT molecular complexity index is 1090. The van der Waals surface area contributed by atoms with Gasteiger partial charge in [0.05, 0.1) is 13.4 Å². The molecule has 4 rings (SSSR count). The Kier molecular flexibility index (Phi) is 7.65. The lowest BCUT2D eigenvalue weighted by Crippen LogP contribution is -2.55. The highest BCUT2D eigenvalue weighted by atomic mass is 16.5. The van der Waals surface area contributed by atoms with Crippen molar-refractivity contribution in [3.8, 4) is 5.75 Å². The van der Waals surface area contributed by atoms with Crippen LogP contribution in [0.25, 0.3) is 0 Å². The molecular weight excluding hydrogens is 430 g/mol. The lowest BCUT2D eigenvalue weighted by molar-refractivity contribution is -0.135. The Hall–Kier alpha value is -3.58. The van der Waals surface area contributed by atoms with Gasteiger partial charge in [0.1, 0.15) is 11.8 Å². The van der Waals surface area contributed by atoms with Crippen molar-refractivity contribution >= 4 is 11.8 Å². The van der Waals surface area contributed by atoms with Gasteiger partial charge in [0.25, 0.3) is 5.91 Å². The number of carbonyl (C=O) groups excluding carboxylic acids is 2. The van der Waals surface area contributed by atoms with Gasteiger partial charge in [-0.3, -0.25) is 14.5 Å². The minimum atomic E-state index is -0.664. The second-order valence-electron chi connectivity index (χ2n) is 8.61. The van der Waals surface area contributed by atoms with Crippen molar-refractivity contribution in [2.45, 2.75) is 25.9 Å². The molecule has 3 aromatic rings. The third-order valence-corrected chi connectivity index (χ3v) is 6.14. The van der Waals surface area contributed by atoms with Gasteiger partial charge in [-0.15, -0.1) is 0 Å². The van der Waals surface area contributed by atoms with E-state index in [9.17, 15) is 9.59 Å². The molecule has 0 aliphatic carbocycles. The second kappa shape index (κ2) is 11.0. The molecule has 0 radical (unpaired) electrons. The Morgan fingerprint density at radius 1 is 1.03 bits per heavy atom. The van der Waals surface area contributed by atoms with Gasteiger partial charge in [0.2, 0.25) is 5.91 Å². The number of amides is 2. The molecule has 1 N–H and O–H groups in total. The van der Waals surface area contributed by atoms with E-state index >= 15 is 0 Å². The van der Waals surface area contributed by atoms with E-state index in [1.54, 1.807) is 19.2 Å². The van der Waals surface area contributed by atoms with Crippen LogP contribution in [0.5, 0.6) is 5.75 Å². The number of methoxy groups -OCH3 is 1. The number of piperazine rings is 1. The van der Waals surface area contributed by atoms with E-state index in [4.69, 9.17) is 9.15 Å². The topological polar surface area (TPSA) is 75.0 Å². The standard InChI is InChI=1S/C27H31N3O4/c1-20-10-11-24(33-2)22(17-20)19-29-12-14-30(15-13-29)27(32)23(18-21-7-4-3-5-8-21)28-26(31)25-9-6-16-34-25/h3-11,16-17,23H,12-15,18-19H2,1-2H3,(H,28,31). The van der Waals surface area contributed by atoms with E-state index in [2.05, 4.69) is 23.2 Å². The minimum Gasteiger partial charge on any atom is -0.496 e. The van der Waals surface area contributed by atoms with E-state index in [-0.39, 0.29) is 17.6 Å². The normalized spacial score (nSPS) is 15.1. The highest BCUT2D eigenvalue weighted by Gasteiger charge is 2.30. The maximum absolute atomic E-state index is 13.5. The first-order valence-electron chi connectivity index (χ1n) is 11.6. The van der Waals surface area contributed by atoms with Gasteiger partial charge in [-0.2, -0.15) is 0 Å². The summed E-state index contributed by atoms with van der Waals surface area (Å²) in [5.41, 5.74) is 3.33. The number of carbonyl (C=O) groups is 2. The van der Waals surface area contributed by atoms with Crippen LogP contribution in [0.15, 0.2) is 71.3 Å². The molecule has 0 saturated carbocycles. The van der Waals surface area contributed by atoms with E-state index in [0.29, 0.717) is 19.5 Å². The Morgan fingerprint density at radius 3 is 2.47 bits per heavy atom. The van der Waals surface area contributed by atoms with Crippen molar-refractivity contribution in [1.82, 2.24) is 15.1 Å². The average molecular weight is 462 g/mol. The number of aryl methyl sites for hydroxylation is 1. The number of rotatable bonds is 8. The fourth-order valence-electron chi connectivity index (χ4n) is 4.31. The molecule has 1 aromatic heterocycles. The van der Waals surface area contributed by atoms with Crippen molar-refractivity contribution < 1.29 is 18.7 Å². The van der Waals surface area contributed by atoms with Crippen molar-refractivity contribution in [2.75, 3.05) is 33.3 Å². The first kappa shape index (κ1) is 23.6. The van der Waals surface area contributed by atoms with Crippen LogP contribution >= 0.6 is 0 Å². The Balaban J connectivity index is 1.40. The summed E-state index contributed by atoms with van der Waals surface area (Å²) in [5, 5.41) is 2.88. The zero-order valence-electron chi connectivity index (χ0n) is 19.7. The van der Waals surface area contributed by atoms with Crippen LogP contribution in [0.4, 0.5) is 0 Å². The summed E-state index contributed by atoms with van der Waals surface area (Å²) in [6.45, 7) is 5.57. The summed E-state index contributed by atoms with van der Waals surface area (Å²) in [4.78, 5) is 30.3. The van der Waals surface area contributed by atoms with Crippen molar-refractivity contribution in [1.29, 1.82) is 0 Å². The number of benzene rings is 2. The maximum atomic E-state index is 13.5. The van der Waals surface area contributed by atoms with Gasteiger partial charge in [0.15, 0.2) is 5.76 Å². The second-order valence-corrected chi connectivity index (χ2v) is 8.61. The fourth-order valence-corrected chi connectivity index (χ4v) is 4.31. The molecule has 2 amide bonds. The highest BCUT2D eigenvalue weighted by Crippen LogP contribution is 2.22. The van der Waals surface area contributed by atoms with Crippen LogP contribution in [0.1, 0.15) is 27.2 Å². The lowest BCUT2D eigenvalue weighted by Gasteiger charge is -2.36. The molecule has 0 bridgehead atoms. The van der Waals surface area contributed by atoms with Crippen LogP contribution < -0.4 is 10.1 Å². The van der Waals surface area contributed by atoms with E-state index < -0.39 is 6.04 Å². The zero-order valence-corrected chi connectivity index (χ0v) is 19.7. The van der Waals surface area contributed by atoms with Gasteiger partial charge in [-0.25, -0.2) is 0 Å². The SMILES string of the molecule is COc1ccc(C)cc1CN1CCN(C(=O)C(Cc2ccccc2)NC(=O)c2ccco2)CC1. The predicted molar refractivity (Wildman–Crippen MR) is 130 cm³/mol. The molecule has 1 unspecified atom stereocenters. The number of ether oxygens (including phenoxy) is 1. The number of hydrogen-bond donors (Lipinski definition) is 1. The maximum Gasteiger partial charge on any atom is 0.287 e. The zero-order chi connectivity index (χ0) is 23.9. The van der Waals surface area contributed by atoms with E-state index in [1.165, 1.54) is 11.8 Å². The third-order valence-electron chi connectivity index (χ3n) is 6.14. The van der Waals surface area contributed by atoms with Crippen molar-refractivity contribution in [3.05, 3.63) is 89.4 Å². The smallest absolute Gasteiger partial charge is 0.287 e. The fraction of sp³-hybridized carbons (Fsp3) is 0.333. The van der Waals surface area contributed by atoms with Crippen molar-refractivity contribution in [2.24, 2.45) is 0 Å². The molecule has 178 valence electrons.